The molecule has 0 aliphatic heterocycles. The number of nitrogens with one attached hydrogen (secondary N) is 2. The third kappa shape index (κ3) is 2.67. The van der Waals surface area contributed by atoms with Crippen molar-refractivity contribution in [1.29, 1.82) is 0 Å². The van der Waals surface area contributed by atoms with Crippen LogP contribution in [0.4, 0.5) is 11.8 Å². The van der Waals surface area contributed by atoms with E-state index in [9.17, 15) is 0 Å². The summed E-state index contributed by atoms with van der Waals surface area (Å²) in [4.78, 5) is 16.1. The van der Waals surface area contributed by atoms with Crippen molar-refractivity contribution < 1.29 is 0 Å². The van der Waals surface area contributed by atoms with Crippen molar-refractivity contribution in [2.45, 2.75) is 17.1 Å². The van der Waals surface area contributed by atoms with E-state index >= 15 is 0 Å². The third-order valence-corrected chi connectivity index (χ3v) is 3.45. The maximum atomic E-state index is 5.71. The number of H-pyrrole nitrogens is 1. The summed E-state index contributed by atoms with van der Waals surface area (Å²) in [6, 6.07) is 9.75. The Hall–Kier alpha value is -2.28. The van der Waals surface area contributed by atoms with E-state index in [0.717, 1.165) is 33.6 Å². The van der Waals surface area contributed by atoms with Gasteiger partial charge >= 0.3 is 0 Å². The zero-order valence-corrected chi connectivity index (χ0v) is 11.7. The minimum absolute atomic E-state index is 0.252. The van der Waals surface area contributed by atoms with Gasteiger partial charge in [0, 0.05) is 12.6 Å². The van der Waals surface area contributed by atoms with Crippen molar-refractivity contribution in [2.75, 3.05) is 17.6 Å². The van der Waals surface area contributed by atoms with Crippen molar-refractivity contribution in [3.8, 4) is 0 Å². The molecule has 0 spiro atoms. The van der Waals surface area contributed by atoms with Crippen LogP contribution in [-0.2, 0) is 0 Å². The van der Waals surface area contributed by atoms with E-state index < -0.39 is 0 Å². The molecule has 0 amide bonds. The minimum atomic E-state index is 0.252. The summed E-state index contributed by atoms with van der Waals surface area (Å²) in [5.41, 5.74) is 7.65. The largest absolute Gasteiger partial charge is 0.370 e. The lowest BCUT2D eigenvalue weighted by Gasteiger charge is -2.04. The first-order chi connectivity index (χ1) is 9.74. The van der Waals surface area contributed by atoms with E-state index in [1.165, 1.54) is 11.8 Å². The number of nitrogen functional groups attached to an aromatic ring is 1. The zero-order chi connectivity index (χ0) is 13.9. The Kier molecular flexibility index (Phi) is 3.42. The van der Waals surface area contributed by atoms with Gasteiger partial charge in [0.05, 0.1) is 11.0 Å². The number of imidazole rings is 1. The van der Waals surface area contributed by atoms with E-state index in [-0.39, 0.29) is 5.95 Å². The Bertz CT molecular complexity index is 706. The van der Waals surface area contributed by atoms with E-state index in [2.05, 4.69) is 25.3 Å². The van der Waals surface area contributed by atoms with Gasteiger partial charge in [-0.25, -0.2) is 9.97 Å². The van der Waals surface area contributed by atoms with Gasteiger partial charge in [-0.05, 0) is 30.8 Å². The highest BCUT2D eigenvalue weighted by Gasteiger charge is 2.07. The van der Waals surface area contributed by atoms with Crippen LogP contribution in [0.25, 0.3) is 11.0 Å². The molecule has 2 heterocycles. The number of para-hydroxylation sites is 2. The fourth-order valence-corrected chi connectivity index (χ4v) is 2.66. The predicted molar refractivity (Wildman–Crippen MR) is 80.8 cm³/mol. The van der Waals surface area contributed by atoms with Crippen LogP contribution < -0.4 is 11.1 Å². The summed E-state index contributed by atoms with van der Waals surface area (Å²) >= 11 is 1.43. The topological polar surface area (TPSA) is 92.5 Å². The Morgan fingerprint density at radius 3 is 2.90 bits per heavy atom. The summed E-state index contributed by atoms with van der Waals surface area (Å²) in [6.07, 6.45) is 0. The number of nitrogens with zero attached hydrogens (tertiary/aromatic N) is 3. The molecule has 0 fully saturated rings. The van der Waals surface area contributed by atoms with Crippen LogP contribution in [-0.4, -0.2) is 26.5 Å². The molecule has 6 nitrogen and oxygen atoms in total. The number of nitrogens with two attached hydrogens (primary N) is 1. The first-order valence-corrected chi connectivity index (χ1v) is 7.07. The lowest BCUT2D eigenvalue weighted by atomic mass is 10.3. The van der Waals surface area contributed by atoms with Gasteiger partial charge in [0.1, 0.15) is 10.8 Å². The van der Waals surface area contributed by atoms with Crippen LogP contribution in [0.5, 0.6) is 0 Å². The Morgan fingerprint density at radius 1 is 1.25 bits per heavy atom. The highest BCUT2D eigenvalue weighted by molar-refractivity contribution is 7.99. The molecule has 4 N–H and O–H groups in total. The highest BCUT2D eigenvalue weighted by atomic mass is 32.2. The van der Waals surface area contributed by atoms with Gasteiger partial charge < -0.3 is 16.0 Å². The molecule has 2 aromatic heterocycles. The fourth-order valence-electron chi connectivity index (χ4n) is 1.84. The number of hydrogen-bond acceptors (Lipinski definition) is 6. The first kappa shape index (κ1) is 12.7. The van der Waals surface area contributed by atoms with Gasteiger partial charge in [-0.2, -0.15) is 4.98 Å². The lowest BCUT2D eigenvalue weighted by molar-refractivity contribution is 1.02. The van der Waals surface area contributed by atoms with Crippen molar-refractivity contribution >= 4 is 34.6 Å². The molecule has 1 aromatic carbocycles. The second-order valence-electron chi connectivity index (χ2n) is 4.14. The smallest absolute Gasteiger partial charge is 0.223 e. The summed E-state index contributed by atoms with van der Waals surface area (Å²) in [5.74, 6) is 0.973. The first-order valence-electron chi connectivity index (χ1n) is 6.25. The Labute approximate surface area is 120 Å². The maximum absolute atomic E-state index is 5.71. The molecular weight excluding hydrogens is 272 g/mol. The van der Waals surface area contributed by atoms with E-state index in [1.54, 1.807) is 0 Å². The number of aromatic nitrogens is 4. The van der Waals surface area contributed by atoms with Crippen molar-refractivity contribution in [1.82, 2.24) is 19.9 Å². The van der Waals surface area contributed by atoms with Gasteiger partial charge in [-0.3, -0.25) is 0 Å². The molecule has 0 aliphatic rings. The van der Waals surface area contributed by atoms with Gasteiger partial charge in [0.15, 0.2) is 5.16 Å². The monoisotopic (exact) mass is 286 g/mol. The molecule has 0 saturated carbocycles. The molecule has 7 heteroatoms. The summed E-state index contributed by atoms with van der Waals surface area (Å²) in [7, 11) is 0. The number of fused-ring (bicyclic) bond motifs is 1. The summed E-state index contributed by atoms with van der Waals surface area (Å²) in [6.45, 7) is 2.79. The fraction of sp³-hybridized carbons (Fsp3) is 0.154. The van der Waals surface area contributed by atoms with Crippen LogP contribution in [0.15, 0.2) is 40.5 Å². The highest BCUT2D eigenvalue weighted by Crippen LogP contribution is 2.27. The van der Waals surface area contributed by atoms with E-state index in [1.807, 2.05) is 37.3 Å². The molecule has 20 heavy (non-hydrogen) atoms. The average Bonchev–Trinajstić information content (AvgIpc) is 2.80. The second kappa shape index (κ2) is 5.38. The Morgan fingerprint density at radius 2 is 2.10 bits per heavy atom. The van der Waals surface area contributed by atoms with Crippen LogP contribution in [0.3, 0.4) is 0 Å². The lowest BCUT2D eigenvalue weighted by Crippen LogP contribution is -2.03. The molecular formula is C13H14N6S. The SMILES string of the molecule is CCNc1cc(Sc2nc3ccccc3[nH]2)nc(N)n1. The summed E-state index contributed by atoms with van der Waals surface area (Å²) in [5, 5.41) is 4.67. The molecule has 102 valence electrons. The average molecular weight is 286 g/mol. The van der Waals surface area contributed by atoms with Crippen LogP contribution in [0, 0.1) is 0 Å². The number of aromatic amines is 1. The predicted octanol–water partition coefficient (Wildman–Crippen LogP) is 2.52. The van der Waals surface area contributed by atoms with E-state index in [4.69, 9.17) is 5.73 Å². The molecule has 0 radical (unpaired) electrons. The second-order valence-corrected chi connectivity index (χ2v) is 5.15. The summed E-state index contributed by atoms with van der Waals surface area (Å²) < 4.78 is 0. The van der Waals surface area contributed by atoms with Gasteiger partial charge in [0.2, 0.25) is 5.95 Å². The van der Waals surface area contributed by atoms with Crippen LogP contribution in [0.2, 0.25) is 0 Å². The minimum Gasteiger partial charge on any atom is -0.370 e. The van der Waals surface area contributed by atoms with Gasteiger partial charge in [0.25, 0.3) is 0 Å². The van der Waals surface area contributed by atoms with Crippen molar-refractivity contribution in [3.05, 3.63) is 30.3 Å². The van der Waals surface area contributed by atoms with Gasteiger partial charge in [-0.1, -0.05) is 12.1 Å². The van der Waals surface area contributed by atoms with E-state index in [0.29, 0.717) is 0 Å². The maximum Gasteiger partial charge on any atom is 0.223 e. The number of hydrogen-bond donors (Lipinski definition) is 3. The third-order valence-electron chi connectivity index (χ3n) is 2.65. The molecule has 0 bridgehead atoms. The number of benzene rings is 1. The number of anilines is 2. The number of rotatable bonds is 4. The standard InChI is InChI=1S/C13H14N6S/c1-2-15-10-7-11(19-12(14)18-10)20-13-16-8-5-3-4-6-9(8)17-13/h3-7H,2H2,1H3,(H,16,17)(H3,14,15,18,19). The molecule has 0 atom stereocenters. The van der Waals surface area contributed by atoms with Crippen LogP contribution >= 0.6 is 11.8 Å². The normalized spacial score (nSPS) is 10.8. The van der Waals surface area contributed by atoms with Crippen molar-refractivity contribution in [2.24, 2.45) is 0 Å². The quantitative estimate of drug-likeness (QED) is 0.638. The Balaban J connectivity index is 1.90. The van der Waals surface area contributed by atoms with Gasteiger partial charge in [-0.15, -0.1) is 0 Å². The molecule has 3 rings (SSSR count). The zero-order valence-electron chi connectivity index (χ0n) is 10.9. The molecule has 3 aromatic rings. The van der Waals surface area contributed by atoms with Crippen LogP contribution in [0.1, 0.15) is 6.92 Å². The molecule has 0 saturated heterocycles. The molecule has 0 unspecified atom stereocenters. The van der Waals surface area contributed by atoms with Crippen molar-refractivity contribution in [3.63, 3.8) is 0 Å². The molecule has 0 aliphatic carbocycles.